The van der Waals surface area contributed by atoms with Crippen molar-refractivity contribution in [3.05, 3.63) is 61.1 Å². The molecular formula is C18H17N7S. The Morgan fingerprint density at radius 2 is 1.73 bits per heavy atom. The van der Waals surface area contributed by atoms with E-state index in [2.05, 4.69) is 41.6 Å². The molecule has 2 heterocycles. The Labute approximate surface area is 154 Å². The molecule has 0 bridgehead atoms. The van der Waals surface area contributed by atoms with Crippen molar-refractivity contribution in [2.75, 3.05) is 17.7 Å². The van der Waals surface area contributed by atoms with Gasteiger partial charge in [0, 0.05) is 27.7 Å². The van der Waals surface area contributed by atoms with Crippen LogP contribution >= 0.6 is 11.9 Å². The molecule has 4 rings (SSSR count). The van der Waals surface area contributed by atoms with E-state index in [0.29, 0.717) is 5.82 Å². The second-order valence-corrected chi connectivity index (χ2v) is 6.63. The lowest BCUT2D eigenvalue weighted by atomic mass is 10.2. The van der Waals surface area contributed by atoms with Gasteiger partial charge >= 0.3 is 0 Å². The van der Waals surface area contributed by atoms with Crippen LogP contribution in [0, 0.1) is 0 Å². The first-order chi connectivity index (χ1) is 12.8. The molecular weight excluding hydrogens is 346 g/mol. The summed E-state index contributed by atoms with van der Waals surface area (Å²) in [5, 5.41) is 14.7. The number of nitrogens with zero attached hydrogens (tertiary/aromatic N) is 3. The van der Waals surface area contributed by atoms with Gasteiger partial charge in [-0.15, -0.1) is 0 Å². The zero-order valence-electron chi connectivity index (χ0n) is 14.0. The summed E-state index contributed by atoms with van der Waals surface area (Å²) in [5.41, 5.74) is 2.87. The Morgan fingerprint density at radius 1 is 0.923 bits per heavy atom. The number of anilines is 4. The minimum atomic E-state index is 0.710. The van der Waals surface area contributed by atoms with E-state index in [1.54, 1.807) is 18.1 Å². The number of hydrogen-bond acceptors (Lipinski definition) is 7. The van der Waals surface area contributed by atoms with Gasteiger partial charge in [0.1, 0.15) is 18.0 Å². The molecule has 0 aliphatic carbocycles. The summed E-state index contributed by atoms with van der Waals surface area (Å²) < 4.78 is 3.07. The van der Waals surface area contributed by atoms with E-state index < -0.39 is 0 Å². The number of nitrogens with one attached hydrogen (secondary N) is 4. The first-order valence-corrected chi connectivity index (χ1v) is 8.85. The van der Waals surface area contributed by atoms with Crippen LogP contribution in [-0.4, -0.2) is 27.2 Å². The molecule has 0 saturated carbocycles. The number of H-pyrrole nitrogens is 1. The maximum absolute atomic E-state index is 4.29. The van der Waals surface area contributed by atoms with Crippen LogP contribution in [-0.2, 0) is 0 Å². The predicted octanol–water partition coefficient (Wildman–Crippen LogP) is 4.07. The Hall–Kier alpha value is -3.10. The summed E-state index contributed by atoms with van der Waals surface area (Å²) in [7, 11) is 1.90. The standard InChI is InChI=1S/C18H17N7S/c1-19-26-15-4-2-3-13(7-15)23-17-9-18(21-11-20-17)24-14-6-5-12-10-22-25-16(12)8-14/h2-11,19H,1H3,(H,22,25)(H2,20,21,23,24). The third-order valence-electron chi connectivity index (χ3n) is 3.71. The molecule has 0 spiro atoms. The van der Waals surface area contributed by atoms with E-state index in [9.17, 15) is 0 Å². The van der Waals surface area contributed by atoms with Crippen molar-refractivity contribution in [3.8, 4) is 0 Å². The molecule has 26 heavy (non-hydrogen) atoms. The molecule has 7 nitrogen and oxygen atoms in total. The molecule has 0 radical (unpaired) electrons. The third-order valence-corrected chi connectivity index (χ3v) is 4.40. The highest BCUT2D eigenvalue weighted by atomic mass is 32.2. The summed E-state index contributed by atoms with van der Waals surface area (Å²) in [6.07, 6.45) is 3.33. The molecule has 4 N–H and O–H groups in total. The second kappa shape index (κ2) is 7.42. The van der Waals surface area contributed by atoms with Crippen molar-refractivity contribution in [2.24, 2.45) is 0 Å². The lowest BCUT2D eigenvalue weighted by molar-refractivity contribution is 1.12. The van der Waals surface area contributed by atoms with Gasteiger partial charge in [0.2, 0.25) is 0 Å². The average Bonchev–Trinajstić information content (AvgIpc) is 3.10. The van der Waals surface area contributed by atoms with Gasteiger partial charge in [-0.3, -0.25) is 9.82 Å². The molecule has 0 saturated heterocycles. The fourth-order valence-corrected chi connectivity index (χ4v) is 3.13. The van der Waals surface area contributed by atoms with Crippen LogP contribution in [0.4, 0.5) is 23.0 Å². The van der Waals surface area contributed by atoms with E-state index >= 15 is 0 Å². The van der Waals surface area contributed by atoms with Gasteiger partial charge in [-0.1, -0.05) is 6.07 Å². The van der Waals surface area contributed by atoms with Crippen molar-refractivity contribution in [2.45, 2.75) is 4.90 Å². The SMILES string of the molecule is CNSc1cccc(Nc2cc(Nc3ccc4cn[nH]c4c3)ncn2)c1. The molecule has 0 fully saturated rings. The van der Waals surface area contributed by atoms with Crippen LogP contribution in [0.3, 0.4) is 0 Å². The quantitative estimate of drug-likeness (QED) is 0.384. The van der Waals surface area contributed by atoms with Crippen molar-refractivity contribution in [1.82, 2.24) is 24.9 Å². The Balaban J connectivity index is 1.51. The van der Waals surface area contributed by atoms with Gasteiger partial charge in [-0.2, -0.15) is 5.10 Å². The number of rotatable bonds is 6. The molecule has 2 aromatic heterocycles. The summed E-state index contributed by atoms with van der Waals surface area (Å²) in [5.74, 6) is 1.43. The fraction of sp³-hybridized carbons (Fsp3) is 0.0556. The summed E-state index contributed by atoms with van der Waals surface area (Å²) in [6, 6.07) is 16.0. The van der Waals surface area contributed by atoms with E-state index in [1.165, 1.54) is 6.33 Å². The number of hydrogen-bond donors (Lipinski definition) is 4. The van der Waals surface area contributed by atoms with Gasteiger partial charge in [-0.25, -0.2) is 9.97 Å². The Morgan fingerprint density at radius 3 is 2.54 bits per heavy atom. The minimum Gasteiger partial charge on any atom is -0.340 e. The number of aromatic nitrogens is 4. The van der Waals surface area contributed by atoms with Crippen LogP contribution < -0.4 is 15.4 Å². The maximum Gasteiger partial charge on any atom is 0.135 e. The van der Waals surface area contributed by atoms with E-state index in [-0.39, 0.29) is 0 Å². The monoisotopic (exact) mass is 363 g/mol. The summed E-state index contributed by atoms with van der Waals surface area (Å²) in [6.45, 7) is 0. The fourth-order valence-electron chi connectivity index (χ4n) is 2.56. The highest BCUT2D eigenvalue weighted by Gasteiger charge is 2.03. The first kappa shape index (κ1) is 16.4. The second-order valence-electron chi connectivity index (χ2n) is 5.54. The molecule has 0 atom stereocenters. The molecule has 0 aliphatic rings. The molecule has 0 amide bonds. The van der Waals surface area contributed by atoms with Crippen LogP contribution in [0.15, 0.2) is 66.0 Å². The van der Waals surface area contributed by atoms with Crippen molar-refractivity contribution in [3.63, 3.8) is 0 Å². The average molecular weight is 363 g/mol. The molecule has 130 valence electrons. The predicted molar refractivity (Wildman–Crippen MR) is 106 cm³/mol. The third kappa shape index (κ3) is 3.76. The summed E-state index contributed by atoms with van der Waals surface area (Å²) in [4.78, 5) is 9.70. The molecule has 4 aromatic rings. The lowest BCUT2D eigenvalue weighted by Gasteiger charge is -2.09. The zero-order valence-corrected chi connectivity index (χ0v) is 14.8. The topological polar surface area (TPSA) is 90.5 Å². The Bertz CT molecular complexity index is 1030. The number of benzene rings is 2. The minimum absolute atomic E-state index is 0.710. The van der Waals surface area contributed by atoms with Gasteiger partial charge in [-0.05, 0) is 55.4 Å². The van der Waals surface area contributed by atoms with Crippen molar-refractivity contribution >= 4 is 45.9 Å². The maximum atomic E-state index is 4.29. The number of fused-ring (bicyclic) bond motifs is 1. The van der Waals surface area contributed by atoms with Crippen LogP contribution in [0.1, 0.15) is 0 Å². The van der Waals surface area contributed by atoms with Gasteiger partial charge in [0.15, 0.2) is 0 Å². The van der Waals surface area contributed by atoms with Crippen LogP contribution in [0.25, 0.3) is 10.9 Å². The van der Waals surface area contributed by atoms with E-state index in [4.69, 9.17) is 0 Å². The summed E-state index contributed by atoms with van der Waals surface area (Å²) >= 11 is 1.56. The van der Waals surface area contributed by atoms with Gasteiger partial charge in [0.25, 0.3) is 0 Å². The molecule has 2 aromatic carbocycles. The molecule has 0 unspecified atom stereocenters. The Kier molecular flexibility index (Phi) is 4.67. The highest BCUT2D eigenvalue weighted by Crippen LogP contribution is 2.24. The van der Waals surface area contributed by atoms with Gasteiger partial charge in [0.05, 0.1) is 11.7 Å². The van der Waals surface area contributed by atoms with Crippen LogP contribution in [0.5, 0.6) is 0 Å². The molecule has 0 aliphatic heterocycles. The van der Waals surface area contributed by atoms with Crippen molar-refractivity contribution in [1.29, 1.82) is 0 Å². The normalized spacial score (nSPS) is 10.8. The van der Waals surface area contributed by atoms with E-state index in [0.717, 1.165) is 33.0 Å². The first-order valence-electron chi connectivity index (χ1n) is 8.03. The van der Waals surface area contributed by atoms with Gasteiger partial charge < -0.3 is 10.6 Å². The highest BCUT2D eigenvalue weighted by molar-refractivity contribution is 7.97. The zero-order chi connectivity index (χ0) is 17.8. The molecule has 8 heteroatoms. The van der Waals surface area contributed by atoms with Crippen molar-refractivity contribution < 1.29 is 0 Å². The smallest absolute Gasteiger partial charge is 0.135 e. The largest absolute Gasteiger partial charge is 0.340 e. The number of aromatic amines is 1. The van der Waals surface area contributed by atoms with Crippen LogP contribution in [0.2, 0.25) is 0 Å². The lowest BCUT2D eigenvalue weighted by Crippen LogP contribution is -1.99. The van der Waals surface area contributed by atoms with E-state index in [1.807, 2.05) is 49.5 Å².